The number of aliphatic hydroxyl groups excluding tert-OH is 1. The summed E-state index contributed by atoms with van der Waals surface area (Å²) in [5.74, 6) is 0. The second-order valence-electron chi connectivity index (χ2n) is 3.02. The monoisotopic (exact) mass is 201 g/mol. The summed E-state index contributed by atoms with van der Waals surface area (Å²) in [5, 5.41) is 9.95. The van der Waals surface area contributed by atoms with Crippen LogP contribution in [-0.2, 0) is 7.05 Å². The number of hydrogen-bond donors (Lipinski definition) is 2. The van der Waals surface area contributed by atoms with Crippen molar-refractivity contribution >= 4 is 11.8 Å². The van der Waals surface area contributed by atoms with Crippen molar-refractivity contribution in [3.8, 4) is 0 Å². The lowest BCUT2D eigenvalue weighted by Crippen LogP contribution is -2.32. The van der Waals surface area contributed by atoms with Gasteiger partial charge in [-0.15, -0.1) is 0 Å². The third kappa shape index (κ3) is 2.72. The maximum atomic E-state index is 9.05. The molecular formula is C8H15N3OS. The van der Waals surface area contributed by atoms with Gasteiger partial charge in [-0.1, -0.05) is 11.8 Å². The van der Waals surface area contributed by atoms with Crippen molar-refractivity contribution in [2.45, 2.75) is 23.4 Å². The molecule has 0 spiro atoms. The van der Waals surface area contributed by atoms with E-state index in [-0.39, 0.29) is 17.9 Å². The average molecular weight is 201 g/mol. The molecule has 1 rings (SSSR count). The highest BCUT2D eigenvalue weighted by Gasteiger charge is 2.15. The van der Waals surface area contributed by atoms with Crippen LogP contribution in [0.15, 0.2) is 17.6 Å². The predicted octanol–water partition coefficient (Wildman–Crippen LogP) is 0.220. The Bertz CT molecular complexity index is 262. The standard InChI is InChI=1S/C8H15N3OS/c1-6(9)7(5-12)13-8-10-3-4-11(8)2/h3-4,6-7,12H,5,9H2,1-2H3. The molecule has 0 radical (unpaired) electrons. The summed E-state index contributed by atoms with van der Waals surface area (Å²) in [4.78, 5) is 4.15. The molecule has 74 valence electrons. The van der Waals surface area contributed by atoms with E-state index in [0.717, 1.165) is 5.16 Å². The minimum absolute atomic E-state index is 0.0149. The Kier molecular flexibility index (Phi) is 3.77. The first-order valence-electron chi connectivity index (χ1n) is 4.15. The summed E-state index contributed by atoms with van der Waals surface area (Å²) < 4.78 is 1.91. The van der Waals surface area contributed by atoms with Crippen molar-refractivity contribution in [3.63, 3.8) is 0 Å². The van der Waals surface area contributed by atoms with E-state index >= 15 is 0 Å². The van der Waals surface area contributed by atoms with E-state index in [1.807, 2.05) is 24.7 Å². The molecule has 0 amide bonds. The lowest BCUT2D eigenvalue weighted by atomic mass is 10.3. The molecule has 0 aliphatic rings. The minimum atomic E-state index is -0.0355. The van der Waals surface area contributed by atoms with Gasteiger partial charge >= 0.3 is 0 Å². The largest absolute Gasteiger partial charge is 0.395 e. The highest BCUT2D eigenvalue weighted by Crippen LogP contribution is 2.22. The van der Waals surface area contributed by atoms with Crippen LogP contribution in [0, 0.1) is 0 Å². The molecule has 5 heteroatoms. The summed E-state index contributed by atoms with van der Waals surface area (Å²) in [7, 11) is 1.92. The number of thioether (sulfide) groups is 1. The normalized spacial score (nSPS) is 15.7. The van der Waals surface area contributed by atoms with Crippen LogP contribution in [-0.4, -0.2) is 32.6 Å². The van der Waals surface area contributed by atoms with Crippen LogP contribution in [0.4, 0.5) is 0 Å². The number of hydrogen-bond acceptors (Lipinski definition) is 4. The number of nitrogens with zero attached hydrogens (tertiary/aromatic N) is 2. The minimum Gasteiger partial charge on any atom is -0.395 e. The van der Waals surface area contributed by atoms with E-state index in [1.165, 1.54) is 11.8 Å². The van der Waals surface area contributed by atoms with E-state index < -0.39 is 0 Å². The van der Waals surface area contributed by atoms with Gasteiger partial charge in [-0.05, 0) is 6.92 Å². The lowest BCUT2D eigenvalue weighted by Gasteiger charge is -2.16. The summed E-state index contributed by atoms with van der Waals surface area (Å²) in [6.07, 6.45) is 3.61. The third-order valence-electron chi connectivity index (χ3n) is 1.80. The number of rotatable bonds is 4. The van der Waals surface area contributed by atoms with Crippen LogP contribution >= 0.6 is 11.8 Å². The van der Waals surface area contributed by atoms with Gasteiger partial charge in [0.25, 0.3) is 0 Å². The van der Waals surface area contributed by atoms with E-state index in [9.17, 15) is 0 Å². The summed E-state index contributed by atoms with van der Waals surface area (Å²) >= 11 is 1.51. The molecule has 0 aliphatic heterocycles. The summed E-state index contributed by atoms with van der Waals surface area (Å²) in [6.45, 7) is 1.96. The predicted molar refractivity (Wildman–Crippen MR) is 53.6 cm³/mol. The Morgan fingerprint density at radius 3 is 2.85 bits per heavy atom. The fraction of sp³-hybridized carbons (Fsp3) is 0.625. The van der Waals surface area contributed by atoms with E-state index in [4.69, 9.17) is 10.8 Å². The molecule has 2 atom stereocenters. The van der Waals surface area contributed by atoms with Crippen molar-refractivity contribution < 1.29 is 5.11 Å². The van der Waals surface area contributed by atoms with Gasteiger partial charge in [0.2, 0.25) is 0 Å². The Morgan fingerprint density at radius 1 is 1.77 bits per heavy atom. The molecule has 0 saturated carbocycles. The maximum absolute atomic E-state index is 9.05. The first-order chi connectivity index (χ1) is 6.15. The zero-order valence-electron chi connectivity index (χ0n) is 7.84. The number of aryl methyl sites for hydroxylation is 1. The smallest absolute Gasteiger partial charge is 0.168 e. The number of nitrogens with two attached hydrogens (primary N) is 1. The topological polar surface area (TPSA) is 64.1 Å². The van der Waals surface area contributed by atoms with E-state index in [0.29, 0.717) is 0 Å². The molecule has 0 saturated heterocycles. The number of imidazole rings is 1. The lowest BCUT2D eigenvalue weighted by molar-refractivity contribution is 0.285. The molecule has 0 aromatic carbocycles. The Balaban J connectivity index is 2.62. The van der Waals surface area contributed by atoms with Crippen molar-refractivity contribution in [2.24, 2.45) is 12.8 Å². The fourth-order valence-electron chi connectivity index (χ4n) is 0.912. The second-order valence-corrected chi connectivity index (χ2v) is 4.23. The number of aromatic nitrogens is 2. The highest BCUT2D eigenvalue weighted by atomic mass is 32.2. The van der Waals surface area contributed by atoms with E-state index in [1.54, 1.807) is 6.20 Å². The van der Waals surface area contributed by atoms with Gasteiger partial charge in [0.05, 0.1) is 11.9 Å². The first-order valence-corrected chi connectivity index (χ1v) is 5.03. The molecule has 3 N–H and O–H groups in total. The van der Waals surface area contributed by atoms with Crippen LogP contribution in [0.2, 0.25) is 0 Å². The van der Waals surface area contributed by atoms with Crippen molar-refractivity contribution in [2.75, 3.05) is 6.61 Å². The summed E-state index contributed by atoms with van der Waals surface area (Å²) in [5.41, 5.74) is 5.70. The second kappa shape index (κ2) is 4.64. The van der Waals surface area contributed by atoms with Gasteiger partial charge in [-0.3, -0.25) is 0 Å². The zero-order valence-corrected chi connectivity index (χ0v) is 8.66. The molecule has 0 bridgehead atoms. The van der Waals surface area contributed by atoms with Gasteiger partial charge in [0.1, 0.15) is 0 Å². The molecule has 4 nitrogen and oxygen atoms in total. The Labute approximate surface area is 82.2 Å². The third-order valence-corrected chi connectivity index (χ3v) is 3.29. The van der Waals surface area contributed by atoms with Gasteiger partial charge < -0.3 is 15.4 Å². The van der Waals surface area contributed by atoms with Crippen LogP contribution < -0.4 is 5.73 Å². The van der Waals surface area contributed by atoms with Crippen LogP contribution in [0.1, 0.15) is 6.92 Å². The Morgan fingerprint density at radius 2 is 2.46 bits per heavy atom. The van der Waals surface area contributed by atoms with Gasteiger partial charge in [-0.2, -0.15) is 0 Å². The zero-order chi connectivity index (χ0) is 9.84. The molecule has 0 fully saturated rings. The fourth-order valence-corrected chi connectivity index (χ4v) is 1.82. The number of aliphatic hydroxyl groups is 1. The first kappa shape index (κ1) is 10.6. The highest BCUT2D eigenvalue weighted by molar-refractivity contribution is 7.99. The maximum Gasteiger partial charge on any atom is 0.168 e. The molecule has 1 aromatic rings. The molecule has 0 aliphatic carbocycles. The SMILES string of the molecule is CC(N)C(CO)Sc1nccn1C. The van der Waals surface area contributed by atoms with Crippen molar-refractivity contribution in [1.82, 2.24) is 9.55 Å². The van der Waals surface area contributed by atoms with Crippen LogP contribution in [0.3, 0.4) is 0 Å². The Hall–Kier alpha value is -0.520. The molecule has 1 heterocycles. The molecular weight excluding hydrogens is 186 g/mol. The summed E-state index contributed by atoms with van der Waals surface area (Å²) in [6, 6.07) is -0.0355. The van der Waals surface area contributed by atoms with Crippen LogP contribution in [0.25, 0.3) is 0 Å². The molecule has 13 heavy (non-hydrogen) atoms. The van der Waals surface area contributed by atoms with Gasteiger partial charge in [0.15, 0.2) is 5.16 Å². The molecule has 1 aromatic heterocycles. The van der Waals surface area contributed by atoms with Crippen molar-refractivity contribution in [3.05, 3.63) is 12.4 Å². The molecule has 2 unspecified atom stereocenters. The van der Waals surface area contributed by atoms with Crippen molar-refractivity contribution in [1.29, 1.82) is 0 Å². The average Bonchev–Trinajstić information content (AvgIpc) is 2.46. The van der Waals surface area contributed by atoms with Gasteiger partial charge in [0, 0.05) is 25.5 Å². The van der Waals surface area contributed by atoms with Gasteiger partial charge in [-0.25, -0.2) is 4.98 Å². The van der Waals surface area contributed by atoms with E-state index in [2.05, 4.69) is 4.98 Å². The van der Waals surface area contributed by atoms with Crippen LogP contribution in [0.5, 0.6) is 0 Å². The quantitative estimate of drug-likeness (QED) is 0.684.